The highest BCUT2D eigenvalue weighted by Gasteiger charge is 2.21. The normalized spacial score (nSPS) is 11.3. The van der Waals surface area contributed by atoms with Crippen molar-refractivity contribution in [1.29, 1.82) is 0 Å². The lowest BCUT2D eigenvalue weighted by Gasteiger charge is -2.12. The highest BCUT2D eigenvalue weighted by atomic mass is 35.5. The fraction of sp³-hybridized carbons (Fsp3) is 0.261. The minimum atomic E-state index is -0.482. The second-order valence-electron chi connectivity index (χ2n) is 7.74. The summed E-state index contributed by atoms with van der Waals surface area (Å²) < 4.78 is 10.1. The van der Waals surface area contributed by atoms with Crippen LogP contribution in [-0.2, 0) is 27.2 Å². The number of ether oxygens (including phenoxy) is 1. The second kappa shape index (κ2) is 10.0. The number of aliphatic hydroxyl groups is 1. The second-order valence-corrected chi connectivity index (χ2v) is 8.58. The maximum absolute atomic E-state index is 13.0. The van der Waals surface area contributed by atoms with Gasteiger partial charge >= 0.3 is 11.7 Å². The number of nitrogens with zero attached hydrogens (tertiary/aromatic N) is 4. The Morgan fingerprint density at radius 3 is 2.50 bits per heavy atom. The van der Waals surface area contributed by atoms with E-state index in [-0.39, 0.29) is 30.3 Å². The van der Waals surface area contributed by atoms with E-state index in [0.29, 0.717) is 28.9 Å². The predicted molar refractivity (Wildman–Crippen MR) is 131 cm³/mol. The Bertz CT molecular complexity index is 1460. The van der Waals surface area contributed by atoms with Crippen molar-refractivity contribution in [2.24, 2.45) is 14.1 Å². The number of rotatable bonds is 8. The molecule has 0 radical (unpaired) electrons. The smallest absolute Gasteiger partial charge is 0.332 e. The Balaban J connectivity index is 1.82. The van der Waals surface area contributed by atoms with Crippen molar-refractivity contribution >= 4 is 34.4 Å². The summed E-state index contributed by atoms with van der Waals surface area (Å²) in [4.78, 5) is 30.0. The molecule has 2 heterocycles. The Morgan fingerprint density at radius 1 is 1.06 bits per heavy atom. The van der Waals surface area contributed by atoms with Crippen molar-refractivity contribution in [2.45, 2.75) is 13.1 Å². The average molecular weight is 504 g/mol. The maximum Gasteiger partial charge on any atom is 0.332 e. The van der Waals surface area contributed by atoms with Gasteiger partial charge in [0, 0.05) is 37.2 Å². The Hall–Kier alpha value is -3.11. The summed E-state index contributed by atoms with van der Waals surface area (Å²) in [5.41, 5.74) is 1.15. The third-order valence-corrected chi connectivity index (χ3v) is 6.02. The fourth-order valence-corrected chi connectivity index (χ4v) is 3.89. The van der Waals surface area contributed by atoms with Crippen molar-refractivity contribution in [1.82, 2.24) is 24.0 Å². The van der Waals surface area contributed by atoms with Gasteiger partial charge in [-0.2, -0.15) is 4.98 Å². The van der Waals surface area contributed by atoms with Gasteiger partial charge in [0.25, 0.3) is 5.56 Å². The Morgan fingerprint density at radius 2 is 1.79 bits per heavy atom. The number of halogens is 2. The molecule has 2 aromatic carbocycles. The van der Waals surface area contributed by atoms with Crippen LogP contribution in [0.3, 0.4) is 0 Å². The zero-order valence-corrected chi connectivity index (χ0v) is 20.1. The minimum absolute atomic E-state index is 0.0101. The van der Waals surface area contributed by atoms with Gasteiger partial charge in [-0.15, -0.1) is 0 Å². The Kier molecular flexibility index (Phi) is 7.08. The number of fused-ring (bicyclic) bond motifs is 1. The first-order valence-corrected chi connectivity index (χ1v) is 11.2. The minimum Gasteiger partial charge on any atom is -0.425 e. The number of nitrogens with one attached hydrogen (secondary N) is 1. The van der Waals surface area contributed by atoms with Crippen LogP contribution >= 0.6 is 23.2 Å². The lowest BCUT2D eigenvalue weighted by atomic mass is 10.2. The summed E-state index contributed by atoms with van der Waals surface area (Å²) in [5, 5.41) is 13.2. The molecule has 0 atom stereocenters. The van der Waals surface area contributed by atoms with Gasteiger partial charge in [0.1, 0.15) is 5.75 Å². The molecule has 9 nitrogen and oxygen atoms in total. The zero-order valence-electron chi connectivity index (χ0n) is 18.6. The molecule has 4 rings (SSSR count). The third kappa shape index (κ3) is 4.74. The van der Waals surface area contributed by atoms with Crippen molar-refractivity contribution < 1.29 is 9.84 Å². The van der Waals surface area contributed by atoms with Crippen LogP contribution in [0.5, 0.6) is 11.8 Å². The first kappa shape index (κ1) is 24.0. The summed E-state index contributed by atoms with van der Waals surface area (Å²) in [6, 6.07) is 12.5. The van der Waals surface area contributed by atoms with Crippen molar-refractivity contribution in [3.63, 3.8) is 0 Å². The van der Waals surface area contributed by atoms with Crippen LogP contribution in [0.4, 0.5) is 0 Å². The van der Waals surface area contributed by atoms with Crippen LogP contribution in [0, 0.1) is 0 Å². The van der Waals surface area contributed by atoms with Crippen molar-refractivity contribution in [3.8, 4) is 11.8 Å². The van der Waals surface area contributed by atoms with E-state index in [4.69, 9.17) is 33.0 Å². The van der Waals surface area contributed by atoms with Crippen LogP contribution in [0.2, 0.25) is 10.0 Å². The Labute approximate surface area is 204 Å². The van der Waals surface area contributed by atoms with E-state index < -0.39 is 11.2 Å². The fourth-order valence-electron chi connectivity index (χ4n) is 3.58. The third-order valence-electron chi connectivity index (χ3n) is 5.40. The predicted octanol–water partition coefficient (Wildman–Crippen LogP) is 2.66. The van der Waals surface area contributed by atoms with E-state index in [1.807, 2.05) is 12.1 Å². The molecule has 0 aliphatic rings. The first-order valence-electron chi connectivity index (χ1n) is 10.5. The summed E-state index contributed by atoms with van der Waals surface area (Å²) in [7, 11) is 2.98. The van der Waals surface area contributed by atoms with E-state index in [1.54, 1.807) is 41.9 Å². The average Bonchev–Trinajstić information content (AvgIpc) is 3.17. The molecule has 0 spiro atoms. The lowest BCUT2D eigenvalue weighted by molar-refractivity contribution is 0.292. The van der Waals surface area contributed by atoms with Gasteiger partial charge in [0.2, 0.25) is 0 Å². The van der Waals surface area contributed by atoms with Crippen LogP contribution in [0.25, 0.3) is 11.2 Å². The quantitative estimate of drug-likeness (QED) is 0.358. The molecule has 0 saturated heterocycles. The van der Waals surface area contributed by atoms with E-state index in [1.165, 1.54) is 11.6 Å². The van der Waals surface area contributed by atoms with E-state index in [9.17, 15) is 9.59 Å². The monoisotopic (exact) mass is 503 g/mol. The summed E-state index contributed by atoms with van der Waals surface area (Å²) >= 11 is 12.3. The molecule has 4 aromatic rings. The standard InChI is InChI=1S/C23H23Cl2N5O4/c1-28-20-19(21(32)29(2)23(28)33)30(13-14-3-5-16(24)6-4-14)22(27-20)34-17-7-8-18(25)15(11-17)12-26-9-10-31/h3-8,11,26,31H,9-10,12-13H2,1-2H3. The van der Waals surface area contributed by atoms with E-state index >= 15 is 0 Å². The molecule has 0 unspecified atom stereocenters. The van der Waals surface area contributed by atoms with Gasteiger partial charge in [0.15, 0.2) is 11.2 Å². The molecule has 34 heavy (non-hydrogen) atoms. The molecule has 0 saturated carbocycles. The number of imidazole rings is 1. The first-order chi connectivity index (χ1) is 16.3. The molecule has 0 bridgehead atoms. The zero-order chi connectivity index (χ0) is 24.4. The number of hydrogen-bond acceptors (Lipinski definition) is 6. The summed E-state index contributed by atoms with van der Waals surface area (Å²) in [6.45, 7) is 1.15. The molecular weight excluding hydrogens is 481 g/mol. The summed E-state index contributed by atoms with van der Waals surface area (Å²) in [6.07, 6.45) is 0. The molecule has 11 heteroatoms. The largest absolute Gasteiger partial charge is 0.425 e. The summed E-state index contributed by atoms with van der Waals surface area (Å²) in [5.74, 6) is 0.458. The highest BCUT2D eigenvalue weighted by molar-refractivity contribution is 6.31. The van der Waals surface area contributed by atoms with Crippen LogP contribution < -0.4 is 21.3 Å². The number of hydrogen-bond donors (Lipinski definition) is 2. The molecular formula is C23H23Cl2N5O4. The molecule has 2 aromatic heterocycles. The molecule has 0 aliphatic heterocycles. The number of aryl methyl sites for hydroxylation is 1. The maximum atomic E-state index is 13.0. The van der Waals surface area contributed by atoms with Crippen molar-refractivity contribution in [3.05, 3.63) is 84.5 Å². The molecule has 0 aliphatic carbocycles. The topological polar surface area (TPSA) is 103 Å². The van der Waals surface area contributed by atoms with Crippen LogP contribution in [0.1, 0.15) is 11.1 Å². The van der Waals surface area contributed by atoms with Gasteiger partial charge in [-0.25, -0.2) is 4.79 Å². The molecule has 178 valence electrons. The number of benzene rings is 2. The number of aromatic nitrogens is 4. The van der Waals surface area contributed by atoms with Gasteiger partial charge < -0.3 is 15.2 Å². The van der Waals surface area contributed by atoms with Gasteiger partial charge in [-0.05, 0) is 41.5 Å². The van der Waals surface area contributed by atoms with Gasteiger partial charge in [0.05, 0.1) is 13.2 Å². The molecule has 0 amide bonds. The van der Waals surface area contributed by atoms with Crippen LogP contribution in [0.15, 0.2) is 52.1 Å². The lowest BCUT2D eigenvalue weighted by Crippen LogP contribution is -2.37. The van der Waals surface area contributed by atoms with Crippen LogP contribution in [-0.4, -0.2) is 36.9 Å². The highest BCUT2D eigenvalue weighted by Crippen LogP contribution is 2.28. The van der Waals surface area contributed by atoms with Gasteiger partial charge in [-0.3, -0.25) is 18.5 Å². The number of aliphatic hydroxyl groups excluding tert-OH is 1. The van der Waals surface area contributed by atoms with Crippen molar-refractivity contribution in [2.75, 3.05) is 13.2 Å². The SMILES string of the molecule is Cn1c(=O)c2c(nc(Oc3ccc(Cl)c(CNCCO)c3)n2Cc2ccc(Cl)cc2)n(C)c1=O. The van der Waals surface area contributed by atoms with Gasteiger partial charge in [-0.1, -0.05) is 35.3 Å². The molecule has 2 N–H and O–H groups in total. The van der Waals surface area contributed by atoms with E-state index in [0.717, 1.165) is 15.7 Å². The molecule has 0 fully saturated rings. The van der Waals surface area contributed by atoms with E-state index in [2.05, 4.69) is 10.3 Å².